The van der Waals surface area contributed by atoms with E-state index >= 15 is 0 Å². The maximum atomic E-state index is 13.1. The molecule has 2 amide bonds. The maximum Gasteiger partial charge on any atom is 0.242 e. The van der Waals surface area contributed by atoms with Crippen molar-refractivity contribution in [2.75, 3.05) is 26.1 Å². The van der Waals surface area contributed by atoms with Crippen LogP contribution in [0.1, 0.15) is 6.42 Å². The van der Waals surface area contributed by atoms with Crippen LogP contribution in [0.5, 0.6) is 11.5 Å². The molecule has 4 rings (SSSR count). The molecule has 0 bridgehead atoms. The summed E-state index contributed by atoms with van der Waals surface area (Å²) in [6.45, 7) is 4.08. The zero-order valence-corrected chi connectivity index (χ0v) is 19.8. The SMILES string of the molecule is C=CCN1C(=O)C(CC(=O)Nc2ccc(OC)cc2OC)SC1=Nc1cccc2ccccc12. The van der Waals surface area contributed by atoms with Gasteiger partial charge in [-0.3, -0.25) is 14.5 Å². The highest BCUT2D eigenvalue weighted by Crippen LogP contribution is 2.35. The number of amides is 2. The van der Waals surface area contributed by atoms with E-state index < -0.39 is 5.25 Å². The summed E-state index contributed by atoms with van der Waals surface area (Å²) in [6, 6.07) is 19.0. The van der Waals surface area contributed by atoms with E-state index in [1.54, 1.807) is 36.3 Å². The highest BCUT2D eigenvalue weighted by Gasteiger charge is 2.38. The molecular weight excluding hydrogens is 450 g/mol. The Hall–Kier alpha value is -3.78. The van der Waals surface area contributed by atoms with Crippen molar-refractivity contribution in [3.8, 4) is 11.5 Å². The molecule has 1 atom stereocenters. The van der Waals surface area contributed by atoms with Gasteiger partial charge in [-0.25, -0.2) is 4.99 Å². The molecule has 7 nitrogen and oxygen atoms in total. The number of nitrogens with zero attached hydrogens (tertiary/aromatic N) is 2. The minimum Gasteiger partial charge on any atom is -0.497 e. The lowest BCUT2D eigenvalue weighted by Gasteiger charge is -2.14. The van der Waals surface area contributed by atoms with Crippen molar-refractivity contribution in [3.63, 3.8) is 0 Å². The summed E-state index contributed by atoms with van der Waals surface area (Å²) < 4.78 is 10.5. The Bertz CT molecular complexity index is 1270. The van der Waals surface area contributed by atoms with Crippen LogP contribution >= 0.6 is 11.8 Å². The summed E-state index contributed by atoms with van der Waals surface area (Å²) in [6.07, 6.45) is 1.66. The van der Waals surface area contributed by atoms with Crippen molar-refractivity contribution in [1.29, 1.82) is 0 Å². The summed E-state index contributed by atoms with van der Waals surface area (Å²) >= 11 is 1.29. The van der Waals surface area contributed by atoms with Crippen LogP contribution in [0.2, 0.25) is 0 Å². The van der Waals surface area contributed by atoms with Gasteiger partial charge in [-0.15, -0.1) is 6.58 Å². The average Bonchev–Trinajstić information content (AvgIpc) is 3.13. The molecule has 8 heteroatoms. The molecule has 174 valence electrons. The van der Waals surface area contributed by atoms with Crippen molar-refractivity contribution in [2.45, 2.75) is 11.7 Å². The number of thioether (sulfide) groups is 1. The van der Waals surface area contributed by atoms with Gasteiger partial charge in [-0.1, -0.05) is 54.2 Å². The van der Waals surface area contributed by atoms with Gasteiger partial charge in [0.2, 0.25) is 11.8 Å². The van der Waals surface area contributed by atoms with Crippen LogP contribution in [0.4, 0.5) is 11.4 Å². The Labute approximate surface area is 202 Å². The van der Waals surface area contributed by atoms with Crippen molar-refractivity contribution in [3.05, 3.63) is 73.3 Å². The first-order valence-electron chi connectivity index (χ1n) is 10.7. The largest absolute Gasteiger partial charge is 0.497 e. The van der Waals surface area contributed by atoms with Gasteiger partial charge >= 0.3 is 0 Å². The van der Waals surface area contributed by atoms with Crippen LogP contribution in [0.25, 0.3) is 10.8 Å². The number of methoxy groups -OCH3 is 2. The van der Waals surface area contributed by atoms with Gasteiger partial charge in [-0.2, -0.15) is 0 Å². The van der Waals surface area contributed by atoms with E-state index in [1.807, 2.05) is 42.5 Å². The number of carbonyl (C=O) groups is 2. The monoisotopic (exact) mass is 475 g/mol. The van der Waals surface area contributed by atoms with Crippen LogP contribution < -0.4 is 14.8 Å². The fourth-order valence-electron chi connectivity index (χ4n) is 3.70. The number of aliphatic imine (C=N–C) groups is 1. The standard InChI is InChI=1S/C26H25N3O4S/c1-4-14-29-25(31)23(16-24(30)27-21-13-12-18(32-2)15-22(21)33-3)34-26(29)28-20-11-7-9-17-8-5-6-10-19(17)20/h4-13,15,23H,1,14,16H2,2-3H3,(H,27,30). The molecule has 3 aromatic carbocycles. The molecule has 1 N–H and O–H groups in total. The van der Waals surface area contributed by atoms with Crippen LogP contribution in [0, 0.1) is 0 Å². The van der Waals surface area contributed by atoms with Crippen molar-refractivity contribution < 1.29 is 19.1 Å². The summed E-state index contributed by atoms with van der Waals surface area (Å²) in [4.78, 5) is 32.3. The number of amidine groups is 1. The van der Waals surface area contributed by atoms with Crippen molar-refractivity contribution >= 4 is 50.9 Å². The summed E-state index contributed by atoms with van der Waals surface area (Å²) in [5.74, 6) is 0.635. The Kier molecular flexibility index (Phi) is 7.18. The van der Waals surface area contributed by atoms with E-state index in [4.69, 9.17) is 14.5 Å². The fraction of sp³-hybridized carbons (Fsp3) is 0.192. The highest BCUT2D eigenvalue weighted by molar-refractivity contribution is 8.15. The van der Waals surface area contributed by atoms with Gasteiger partial charge < -0.3 is 14.8 Å². The first-order chi connectivity index (χ1) is 16.5. The normalized spacial score (nSPS) is 16.6. The maximum absolute atomic E-state index is 13.1. The van der Waals surface area contributed by atoms with Gasteiger partial charge in [0.25, 0.3) is 0 Å². The molecule has 3 aromatic rings. The quantitative estimate of drug-likeness (QED) is 0.464. The third-order valence-electron chi connectivity index (χ3n) is 5.37. The van der Waals surface area contributed by atoms with Gasteiger partial charge in [0.05, 0.1) is 25.6 Å². The lowest BCUT2D eigenvalue weighted by molar-refractivity contribution is -0.127. The Balaban J connectivity index is 1.55. The molecule has 0 spiro atoms. The molecular formula is C26H25N3O4S. The average molecular weight is 476 g/mol. The second-order valence-corrected chi connectivity index (χ2v) is 8.73. The molecule has 1 aliphatic rings. The lowest BCUT2D eigenvalue weighted by atomic mass is 10.1. The molecule has 1 fully saturated rings. The lowest BCUT2D eigenvalue weighted by Crippen LogP contribution is -2.33. The topological polar surface area (TPSA) is 80.2 Å². The molecule has 0 radical (unpaired) electrons. The zero-order valence-electron chi connectivity index (χ0n) is 19.0. The Morgan fingerprint density at radius 1 is 1.15 bits per heavy atom. The number of anilines is 1. The number of benzene rings is 3. The molecule has 0 aliphatic carbocycles. The first-order valence-corrected chi connectivity index (χ1v) is 11.6. The molecule has 1 aliphatic heterocycles. The van der Waals surface area contributed by atoms with Gasteiger partial charge in [0.15, 0.2) is 5.17 Å². The Morgan fingerprint density at radius 3 is 2.71 bits per heavy atom. The first kappa shape index (κ1) is 23.4. The van der Waals surface area contributed by atoms with Gasteiger partial charge in [0.1, 0.15) is 16.7 Å². The van der Waals surface area contributed by atoms with E-state index in [1.165, 1.54) is 18.9 Å². The van der Waals surface area contributed by atoms with E-state index in [2.05, 4.69) is 11.9 Å². The molecule has 34 heavy (non-hydrogen) atoms. The number of nitrogens with one attached hydrogen (secondary N) is 1. The number of ether oxygens (including phenoxy) is 2. The van der Waals surface area contributed by atoms with Crippen LogP contribution in [0.3, 0.4) is 0 Å². The van der Waals surface area contributed by atoms with E-state index in [-0.39, 0.29) is 18.2 Å². The van der Waals surface area contributed by atoms with E-state index in [0.717, 1.165) is 16.5 Å². The van der Waals surface area contributed by atoms with Gasteiger partial charge in [0, 0.05) is 24.4 Å². The molecule has 1 unspecified atom stereocenters. The minimum absolute atomic E-state index is 0.000877. The van der Waals surface area contributed by atoms with Crippen molar-refractivity contribution in [1.82, 2.24) is 4.90 Å². The van der Waals surface area contributed by atoms with Crippen LogP contribution in [0.15, 0.2) is 78.3 Å². The molecule has 1 saturated heterocycles. The zero-order chi connectivity index (χ0) is 24.1. The molecule has 0 aromatic heterocycles. The predicted octanol–water partition coefficient (Wildman–Crippen LogP) is 5.00. The second-order valence-electron chi connectivity index (χ2n) is 7.56. The van der Waals surface area contributed by atoms with E-state index in [9.17, 15) is 9.59 Å². The number of hydrogen-bond donors (Lipinski definition) is 1. The van der Waals surface area contributed by atoms with Crippen LogP contribution in [-0.2, 0) is 9.59 Å². The third kappa shape index (κ3) is 4.92. The number of carbonyl (C=O) groups excluding carboxylic acids is 2. The molecule has 1 heterocycles. The highest BCUT2D eigenvalue weighted by atomic mass is 32.2. The summed E-state index contributed by atoms with van der Waals surface area (Å²) in [7, 11) is 3.08. The van der Waals surface area contributed by atoms with E-state index in [0.29, 0.717) is 28.9 Å². The Morgan fingerprint density at radius 2 is 1.94 bits per heavy atom. The smallest absolute Gasteiger partial charge is 0.242 e. The van der Waals surface area contributed by atoms with Gasteiger partial charge in [-0.05, 0) is 23.6 Å². The fourth-order valence-corrected chi connectivity index (χ4v) is 4.86. The number of fused-ring (bicyclic) bond motifs is 1. The van der Waals surface area contributed by atoms with Crippen molar-refractivity contribution in [2.24, 2.45) is 4.99 Å². The predicted molar refractivity (Wildman–Crippen MR) is 137 cm³/mol. The van der Waals surface area contributed by atoms with Crippen LogP contribution in [-0.4, -0.2) is 47.9 Å². The minimum atomic E-state index is -0.585. The summed E-state index contributed by atoms with van der Waals surface area (Å²) in [5, 5.41) is 4.87. The third-order valence-corrected chi connectivity index (χ3v) is 6.54. The summed E-state index contributed by atoms with van der Waals surface area (Å²) in [5.41, 5.74) is 1.28. The number of rotatable bonds is 8. The second kappa shape index (κ2) is 10.4. The molecule has 0 saturated carbocycles. The number of hydrogen-bond acceptors (Lipinski definition) is 6.